The fraction of sp³-hybridized carbons (Fsp3) is 0.182. The molecule has 0 bridgehead atoms. The van der Waals surface area contributed by atoms with Crippen molar-refractivity contribution in [1.82, 2.24) is 9.55 Å². The summed E-state index contributed by atoms with van der Waals surface area (Å²) in [5.74, 6) is -0.0941. The highest BCUT2D eigenvalue weighted by atomic mass is 79.9. The van der Waals surface area contributed by atoms with Crippen LogP contribution in [-0.4, -0.2) is 16.2 Å². The van der Waals surface area contributed by atoms with Gasteiger partial charge in [-0.05, 0) is 18.2 Å². The maximum atomic E-state index is 13.3. The van der Waals surface area contributed by atoms with Crippen LogP contribution in [-0.2, 0) is 6.54 Å². The van der Waals surface area contributed by atoms with Crippen molar-refractivity contribution in [3.05, 3.63) is 47.2 Å². The van der Waals surface area contributed by atoms with Crippen LogP contribution in [0.15, 0.2) is 41.4 Å². The molecule has 0 spiro atoms. The van der Waals surface area contributed by atoms with E-state index >= 15 is 0 Å². The molecule has 2 aromatic rings. The number of nitrogens with zero attached hydrogens (tertiary/aromatic N) is 2. The van der Waals surface area contributed by atoms with Gasteiger partial charge in [0.1, 0.15) is 6.61 Å². The van der Waals surface area contributed by atoms with Crippen LogP contribution in [0.4, 0.5) is 4.39 Å². The number of ether oxygens (including phenoxy) is 1. The Morgan fingerprint density at radius 2 is 2.31 bits per heavy atom. The van der Waals surface area contributed by atoms with Crippen LogP contribution in [0.25, 0.3) is 0 Å². The highest BCUT2D eigenvalue weighted by Crippen LogP contribution is 2.22. The number of halogens is 2. The number of rotatable bonds is 4. The molecule has 1 aromatic heterocycles. The van der Waals surface area contributed by atoms with Crippen molar-refractivity contribution in [1.29, 1.82) is 0 Å². The van der Waals surface area contributed by atoms with Gasteiger partial charge >= 0.3 is 0 Å². The Morgan fingerprint density at radius 1 is 1.44 bits per heavy atom. The molecule has 0 atom stereocenters. The number of hydrogen-bond acceptors (Lipinski definition) is 2. The van der Waals surface area contributed by atoms with Crippen molar-refractivity contribution in [2.75, 3.05) is 6.61 Å². The summed E-state index contributed by atoms with van der Waals surface area (Å²) in [6, 6.07) is 4.62. The lowest BCUT2D eigenvalue weighted by Gasteiger charge is -2.07. The third-order valence-electron chi connectivity index (χ3n) is 2.06. The molecule has 0 aliphatic carbocycles. The monoisotopic (exact) mass is 284 g/mol. The van der Waals surface area contributed by atoms with E-state index in [2.05, 4.69) is 20.9 Å². The van der Waals surface area contributed by atoms with E-state index in [1.165, 1.54) is 6.07 Å². The second-order valence-corrected chi connectivity index (χ2v) is 4.14. The molecule has 1 aromatic carbocycles. The minimum atomic E-state index is -0.353. The first-order valence-corrected chi connectivity index (χ1v) is 5.58. The Labute approximate surface area is 101 Å². The molecule has 2 rings (SSSR count). The summed E-state index contributed by atoms with van der Waals surface area (Å²) in [7, 11) is 0. The fourth-order valence-electron chi connectivity index (χ4n) is 1.27. The van der Waals surface area contributed by atoms with E-state index in [-0.39, 0.29) is 11.6 Å². The average Bonchev–Trinajstić information content (AvgIpc) is 2.76. The zero-order valence-electron chi connectivity index (χ0n) is 8.44. The van der Waals surface area contributed by atoms with E-state index < -0.39 is 0 Å². The van der Waals surface area contributed by atoms with E-state index in [1.54, 1.807) is 24.7 Å². The Kier molecular flexibility index (Phi) is 3.56. The van der Waals surface area contributed by atoms with E-state index in [4.69, 9.17) is 4.74 Å². The van der Waals surface area contributed by atoms with Crippen molar-refractivity contribution in [3.8, 4) is 5.75 Å². The van der Waals surface area contributed by atoms with Gasteiger partial charge in [-0.15, -0.1) is 0 Å². The Balaban J connectivity index is 1.92. The van der Waals surface area contributed by atoms with E-state index in [0.29, 0.717) is 13.2 Å². The summed E-state index contributed by atoms with van der Waals surface area (Å²) in [5, 5.41) is 0. The van der Waals surface area contributed by atoms with E-state index in [1.807, 2.05) is 10.8 Å². The normalized spacial score (nSPS) is 10.4. The zero-order valence-corrected chi connectivity index (χ0v) is 10.0. The molecule has 16 heavy (non-hydrogen) atoms. The third-order valence-corrected chi connectivity index (χ3v) is 2.55. The van der Waals surface area contributed by atoms with Gasteiger partial charge in [-0.1, -0.05) is 15.9 Å². The van der Waals surface area contributed by atoms with E-state index in [0.717, 1.165) is 4.47 Å². The Morgan fingerprint density at radius 3 is 3.06 bits per heavy atom. The van der Waals surface area contributed by atoms with Crippen LogP contribution in [0.3, 0.4) is 0 Å². The predicted octanol–water partition coefficient (Wildman–Crippen LogP) is 2.86. The molecule has 0 aliphatic rings. The SMILES string of the molecule is Fc1ccc(Br)cc1OCCn1ccnc1. The molecule has 84 valence electrons. The van der Waals surface area contributed by atoms with Crippen LogP contribution in [0.1, 0.15) is 0 Å². The van der Waals surface area contributed by atoms with Gasteiger partial charge in [0.2, 0.25) is 0 Å². The van der Waals surface area contributed by atoms with Crippen molar-refractivity contribution < 1.29 is 9.13 Å². The van der Waals surface area contributed by atoms with Gasteiger partial charge in [0.25, 0.3) is 0 Å². The lowest BCUT2D eigenvalue weighted by Crippen LogP contribution is -2.07. The molecule has 0 unspecified atom stereocenters. The molecule has 0 amide bonds. The lowest BCUT2D eigenvalue weighted by molar-refractivity contribution is 0.284. The highest BCUT2D eigenvalue weighted by molar-refractivity contribution is 9.10. The van der Waals surface area contributed by atoms with Gasteiger partial charge in [-0.25, -0.2) is 9.37 Å². The minimum Gasteiger partial charge on any atom is -0.489 e. The molecule has 0 N–H and O–H groups in total. The smallest absolute Gasteiger partial charge is 0.165 e. The van der Waals surface area contributed by atoms with Gasteiger partial charge in [0.15, 0.2) is 11.6 Å². The van der Waals surface area contributed by atoms with Gasteiger partial charge in [-0.2, -0.15) is 0 Å². The van der Waals surface area contributed by atoms with Crippen LogP contribution >= 0.6 is 15.9 Å². The van der Waals surface area contributed by atoms with Crippen molar-refractivity contribution >= 4 is 15.9 Å². The molecule has 3 nitrogen and oxygen atoms in total. The molecular weight excluding hydrogens is 275 g/mol. The molecule has 0 saturated carbocycles. The van der Waals surface area contributed by atoms with Crippen LogP contribution < -0.4 is 4.74 Å². The number of hydrogen-bond donors (Lipinski definition) is 0. The average molecular weight is 285 g/mol. The Bertz CT molecular complexity index is 459. The Hall–Kier alpha value is -1.36. The quantitative estimate of drug-likeness (QED) is 0.863. The fourth-order valence-corrected chi connectivity index (χ4v) is 1.61. The second kappa shape index (κ2) is 5.12. The van der Waals surface area contributed by atoms with Crippen LogP contribution in [0, 0.1) is 5.82 Å². The van der Waals surface area contributed by atoms with Gasteiger partial charge in [0, 0.05) is 16.9 Å². The van der Waals surface area contributed by atoms with Crippen molar-refractivity contribution in [2.24, 2.45) is 0 Å². The van der Waals surface area contributed by atoms with Gasteiger partial charge in [-0.3, -0.25) is 0 Å². The van der Waals surface area contributed by atoms with Gasteiger partial charge < -0.3 is 9.30 Å². The standard InChI is InChI=1S/C11H10BrFN2O/c12-9-1-2-10(13)11(7-9)16-6-5-15-4-3-14-8-15/h1-4,7-8H,5-6H2. The van der Waals surface area contributed by atoms with Crippen LogP contribution in [0.5, 0.6) is 5.75 Å². The van der Waals surface area contributed by atoms with Crippen LogP contribution in [0.2, 0.25) is 0 Å². The second-order valence-electron chi connectivity index (χ2n) is 3.22. The largest absolute Gasteiger partial charge is 0.489 e. The summed E-state index contributed by atoms with van der Waals surface area (Å²) >= 11 is 3.27. The zero-order chi connectivity index (χ0) is 11.4. The summed E-state index contributed by atoms with van der Waals surface area (Å²) in [6.07, 6.45) is 5.22. The first-order chi connectivity index (χ1) is 7.75. The molecule has 0 saturated heterocycles. The molecule has 0 aliphatic heterocycles. The third kappa shape index (κ3) is 2.82. The highest BCUT2D eigenvalue weighted by Gasteiger charge is 2.03. The maximum Gasteiger partial charge on any atom is 0.165 e. The maximum absolute atomic E-state index is 13.3. The van der Waals surface area contributed by atoms with Crippen molar-refractivity contribution in [3.63, 3.8) is 0 Å². The summed E-state index contributed by atoms with van der Waals surface area (Å²) in [5.41, 5.74) is 0. The summed E-state index contributed by atoms with van der Waals surface area (Å²) in [4.78, 5) is 3.91. The predicted molar refractivity (Wildman–Crippen MR) is 61.8 cm³/mol. The summed E-state index contributed by atoms with van der Waals surface area (Å²) in [6.45, 7) is 1.05. The first kappa shape index (κ1) is 11.1. The lowest BCUT2D eigenvalue weighted by atomic mass is 10.3. The molecule has 5 heteroatoms. The molecule has 0 radical (unpaired) electrons. The number of benzene rings is 1. The first-order valence-electron chi connectivity index (χ1n) is 4.79. The summed E-state index contributed by atoms with van der Waals surface area (Å²) < 4.78 is 21.3. The number of imidazole rings is 1. The molecule has 0 fully saturated rings. The number of aromatic nitrogens is 2. The molecular formula is C11H10BrFN2O. The van der Waals surface area contributed by atoms with Gasteiger partial charge in [0.05, 0.1) is 12.9 Å². The minimum absolute atomic E-state index is 0.259. The topological polar surface area (TPSA) is 27.1 Å². The van der Waals surface area contributed by atoms with Crippen molar-refractivity contribution in [2.45, 2.75) is 6.54 Å². The molecule has 1 heterocycles. The van der Waals surface area contributed by atoms with E-state index in [9.17, 15) is 4.39 Å².